The zero-order valence-corrected chi connectivity index (χ0v) is 9.37. The van der Waals surface area contributed by atoms with Crippen LogP contribution in [0.15, 0.2) is 60.8 Å². The van der Waals surface area contributed by atoms with Crippen LogP contribution in [-0.4, -0.2) is 0 Å². The minimum atomic E-state index is 0.442. The summed E-state index contributed by atoms with van der Waals surface area (Å²) in [6.45, 7) is 9.94. The van der Waals surface area contributed by atoms with Gasteiger partial charge < -0.3 is 0 Å². The third kappa shape index (κ3) is 1.77. The van der Waals surface area contributed by atoms with Crippen LogP contribution in [0.25, 0.3) is 0 Å². The summed E-state index contributed by atoms with van der Waals surface area (Å²) in [7, 11) is 0. The first-order chi connectivity index (χ1) is 7.20. The highest BCUT2D eigenvalue weighted by Crippen LogP contribution is 2.61. The second-order valence-electron chi connectivity index (χ2n) is 4.66. The summed E-state index contributed by atoms with van der Waals surface area (Å²) in [5.41, 5.74) is 3.25. The molecule has 0 spiro atoms. The Morgan fingerprint density at radius 1 is 1.60 bits per heavy atom. The fraction of sp³-hybridized carbons (Fsp3) is 0.333. The second-order valence-corrected chi connectivity index (χ2v) is 4.66. The molecule has 2 aliphatic carbocycles. The third-order valence-electron chi connectivity index (χ3n) is 3.67. The van der Waals surface area contributed by atoms with Crippen LogP contribution in [0.4, 0.5) is 0 Å². The van der Waals surface area contributed by atoms with E-state index >= 15 is 0 Å². The second kappa shape index (κ2) is 3.69. The van der Waals surface area contributed by atoms with Crippen LogP contribution in [0.2, 0.25) is 0 Å². The summed E-state index contributed by atoms with van der Waals surface area (Å²) >= 11 is 0. The van der Waals surface area contributed by atoms with E-state index in [2.05, 4.69) is 38.3 Å². The molecule has 2 atom stereocenters. The van der Waals surface area contributed by atoms with E-state index in [1.807, 2.05) is 18.2 Å². The lowest BCUT2D eigenvalue weighted by Crippen LogP contribution is -2.05. The normalized spacial score (nSPS) is 33.0. The molecule has 0 nitrogen and oxygen atoms in total. The van der Waals surface area contributed by atoms with Gasteiger partial charge in [-0.2, -0.15) is 0 Å². The molecule has 0 bridgehead atoms. The van der Waals surface area contributed by atoms with Gasteiger partial charge in [-0.3, -0.25) is 0 Å². The lowest BCUT2D eigenvalue weighted by Gasteiger charge is -2.18. The molecular formula is C15H18. The molecule has 15 heavy (non-hydrogen) atoms. The van der Waals surface area contributed by atoms with Crippen LogP contribution in [0.5, 0.6) is 0 Å². The van der Waals surface area contributed by atoms with Gasteiger partial charge in [-0.25, -0.2) is 0 Å². The molecule has 1 fully saturated rings. The number of fused-ring (bicyclic) bond motifs is 1. The van der Waals surface area contributed by atoms with Crippen molar-refractivity contribution in [3.8, 4) is 0 Å². The summed E-state index contributed by atoms with van der Waals surface area (Å²) in [6, 6.07) is 0. The molecule has 0 aliphatic heterocycles. The van der Waals surface area contributed by atoms with Crippen molar-refractivity contribution in [2.75, 3.05) is 0 Å². The van der Waals surface area contributed by atoms with E-state index in [0.717, 1.165) is 12.3 Å². The summed E-state index contributed by atoms with van der Waals surface area (Å²) in [6.07, 6.45) is 14.9. The third-order valence-corrected chi connectivity index (χ3v) is 3.67. The minimum absolute atomic E-state index is 0.442. The quantitative estimate of drug-likeness (QED) is 0.594. The van der Waals surface area contributed by atoms with E-state index in [9.17, 15) is 0 Å². The summed E-state index contributed by atoms with van der Waals surface area (Å²) in [4.78, 5) is 0. The molecule has 0 radical (unpaired) electrons. The SMILES string of the molecule is C=C/C=C(\C=C)CC1=CC=CC2CC12C. The molecule has 0 aromatic rings. The Bertz CT molecular complexity index is 379. The Hall–Kier alpha value is -1.30. The lowest BCUT2D eigenvalue weighted by molar-refractivity contribution is 0.620. The van der Waals surface area contributed by atoms with Crippen molar-refractivity contribution < 1.29 is 0 Å². The summed E-state index contributed by atoms with van der Waals surface area (Å²) in [5.74, 6) is 0.785. The first kappa shape index (κ1) is 10.2. The first-order valence-corrected chi connectivity index (χ1v) is 5.52. The molecule has 78 valence electrons. The lowest BCUT2D eigenvalue weighted by atomic mass is 9.87. The highest BCUT2D eigenvalue weighted by atomic mass is 14.5. The van der Waals surface area contributed by atoms with Crippen LogP contribution in [0.1, 0.15) is 19.8 Å². The smallest absolute Gasteiger partial charge is 0.00409 e. The molecule has 0 amide bonds. The van der Waals surface area contributed by atoms with Gasteiger partial charge >= 0.3 is 0 Å². The Balaban J connectivity index is 2.15. The molecule has 0 aromatic carbocycles. The van der Waals surface area contributed by atoms with Gasteiger partial charge in [-0.05, 0) is 29.7 Å². The van der Waals surface area contributed by atoms with Crippen LogP contribution in [-0.2, 0) is 0 Å². The van der Waals surface area contributed by atoms with Crippen molar-refractivity contribution in [3.05, 3.63) is 60.8 Å². The largest absolute Gasteiger partial charge is 0.0991 e. The topological polar surface area (TPSA) is 0 Å². The minimum Gasteiger partial charge on any atom is -0.0991 e. The highest BCUT2D eigenvalue weighted by Gasteiger charge is 2.51. The van der Waals surface area contributed by atoms with Gasteiger partial charge in [0, 0.05) is 0 Å². The van der Waals surface area contributed by atoms with Crippen LogP contribution in [0, 0.1) is 11.3 Å². The maximum atomic E-state index is 3.85. The predicted molar refractivity (Wildman–Crippen MR) is 66.5 cm³/mol. The van der Waals surface area contributed by atoms with Crippen molar-refractivity contribution >= 4 is 0 Å². The van der Waals surface area contributed by atoms with E-state index in [-0.39, 0.29) is 0 Å². The van der Waals surface area contributed by atoms with Crippen molar-refractivity contribution in [1.29, 1.82) is 0 Å². The highest BCUT2D eigenvalue weighted by molar-refractivity contribution is 5.40. The molecule has 0 heteroatoms. The van der Waals surface area contributed by atoms with E-state index < -0.39 is 0 Å². The zero-order valence-electron chi connectivity index (χ0n) is 9.37. The Labute approximate surface area is 92.4 Å². The number of allylic oxidation sites excluding steroid dienone is 8. The first-order valence-electron chi connectivity index (χ1n) is 5.52. The van der Waals surface area contributed by atoms with E-state index in [0.29, 0.717) is 5.41 Å². The molecule has 0 aromatic heterocycles. The van der Waals surface area contributed by atoms with Gasteiger partial charge in [0.25, 0.3) is 0 Å². The number of hydrogen-bond acceptors (Lipinski definition) is 0. The van der Waals surface area contributed by atoms with Gasteiger partial charge in [0.15, 0.2) is 0 Å². The molecule has 1 saturated carbocycles. The van der Waals surface area contributed by atoms with E-state index in [4.69, 9.17) is 0 Å². The molecule has 0 saturated heterocycles. The number of rotatable bonds is 4. The fourth-order valence-electron chi connectivity index (χ4n) is 2.38. The van der Waals surface area contributed by atoms with Gasteiger partial charge in [0.2, 0.25) is 0 Å². The molecule has 2 unspecified atom stereocenters. The van der Waals surface area contributed by atoms with Gasteiger partial charge in [-0.1, -0.05) is 62.1 Å². The summed E-state index contributed by atoms with van der Waals surface area (Å²) < 4.78 is 0. The van der Waals surface area contributed by atoms with Crippen LogP contribution >= 0.6 is 0 Å². The van der Waals surface area contributed by atoms with E-state index in [1.54, 1.807) is 5.57 Å². The Kier molecular flexibility index (Phi) is 2.52. The van der Waals surface area contributed by atoms with Crippen molar-refractivity contribution in [3.63, 3.8) is 0 Å². The molecular weight excluding hydrogens is 180 g/mol. The average molecular weight is 198 g/mol. The standard InChI is InChI=1S/C15H18/c1-4-7-12(5-2)10-13-8-6-9-14-11-15(13,14)3/h4-9,14H,1-2,10-11H2,3H3/b12-7+. The Morgan fingerprint density at radius 3 is 3.07 bits per heavy atom. The average Bonchev–Trinajstić information content (AvgIpc) is 2.90. The van der Waals surface area contributed by atoms with Gasteiger partial charge in [0.05, 0.1) is 0 Å². The zero-order chi connectivity index (χ0) is 10.9. The predicted octanol–water partition coefficient (Wildman–Crippen LogP) is 4.20. The van der Waals surface area contributed by atoms with Crippen molar-refractivity contribution in [2.24, 2.45) is 11.3 Å². The fourth-order valence-corrected chi connectivity index (χ4v) is 2.38. The van der Waals surface area contributed by atoms with Crippen LogP contribution in [0.3, 0.4) is 0 Å². The van der Waals surface area contributed by atoms with Gasteiger partial charge in [0.1, 0.15) is 0 Å². The van der Waals surface area contributed by atoms with Crippen molar-refractivity contribution in [2.45, 2.75) is 19.8 Å². The summed E-state index contributed by atoms with van der Waals surface area (Å²) in [5, 5.41) is 0. The monoisotopic (exact) mass is 198 g/mol. The van der Waals surface area contributed by atoms with Gasteiger partial charge in [-0.15, -0.1) is 0 Å². The molecule has 0 N–H and O–H groups in total. The Morgan fingerprint density at radius 2 is 2.40 bits per heavy atom. The van der Waals surface area contributed by atoms with Crippen molar-refractivity contribution in [1.82, 2.24) is 0 Å². The maximum absolute atomic E-state index is 3.85. The van der Waals surface area contributed by atoms with Crippen LogP contribution < -0.4 is 0 Å². The molecule has 2 rings (SSSR count). The van der Waals surface area contributed by atoms with E-state index in [1.165, 1.54) is 12.0 Å². The molecule has 2 aliphatic rings. The number of hydrogen-bond donors (Lipinski definition) is 0. The molecule has 0 heterocycles. The maximum Gasteiger partial charge on any atom is -0.00409 e.